The lowest BCUT2D eigenvalue weighted by molar-refractivity contribution is 0.0946. The van der Waals surface area contributed by atoms with Crippen molar-refractivity contribution in [3.05, 3.63) is 72.3 Å². The van der Waals surface area contributed by atoms with Crippen LogP contribution in [0.2, 0.25) is 0 Å². The molecule has 0 radical (unpaired) electrons. The van der Waals surface area contributed by atoms with Crippen LogP contribution < -0.4 is 14.8 Å². The number of carbonyl (C=O) groups is 1. The normalized spacial score (nSPS) is 13.9. The maximum absolute atomic E-state index is 12.9. The molecule has 7 nitrogen and oxygen atoms in total. The monoisotopic (exact) mass is 496 g/mol. The molecule has 0 aliphatic carbocycles. The molecule has 1 N–H and O–H groups in total. The fourth-order valence-electron chi connectivity index (χ4n) is 4.71. The zero-order valence-corrected chi connectivity index (χ0v) is 21.4. The van der Waals surface area contributed by atoms with E-state index in [-0.39, 0.29) is 5.91 Å². The number of carbonyl (C=O) groups excluding carboxylic acids is 1. The fraction of sp³-hybridized carbons (Fsp3) is 0.300. The number of piperidine rings is 1. The first-order chi connectivity index (χ1) is 18.1. The first-order valence-electron chi connectivity index (χ1n) is 12.8. The molecule has 2 heterocycles. The summed E-state index contributed by atoms with van der Waals surface area (Å²) in [7, 11) is 3.29. The molecule has 1 fully saturated rings. The summed E-state index contributed by atoms with van der Waals surface area (Å²) in [6, 6.07) is 21.0. The van der Waals surface area contributed by atoms with Gasteiger partial charge in [0.2, 0.25) is 0 Å². The van der Waals surface area contributed by atoms with Crippen LogP contribution >= 0.6 is 0 Å². The van der Waals surface area contributed by atoms with Crippen molar-refractivity contribution in [3.8, 4) is 34.0 Å². The third-order valence-electron chi connectivity index (χ3n) is 6.82. The van der Waals surface area contributed by atoms with Gasteiger partial charge >= 0.3 is 0 Å². The quantitative estimate of drug-likeness (QED) is 0.362. The molecule has 37 heavy (non-hydrogen) atoms. The van der Waals surface area contributed by atoms with Crippen LogP contribution in [-0.4, -0.2) is 61.2 Å². The molecule has 1 saturated heterocycles. The molecule has 7 heteroatoms. The van der Waals surface area contributed by atoms with Gasteiger partial charge in [-0.25, -0.2) is 9.97 Å². The van der Waals surface area contributed by atoms with Gasteiger partial charge in [-0.15, -0.1) is 0 Å². The summed E-state index contributed by atoms with van der Waals surface area (Å²) < 4.78 is 10.7. The first kappa shape index (κ1) is 24.7. The highest BCUT2D eigenvalue weighted by molar-refractivity contribution is 5.98. The molecule has 1 aliphatic rings. The minimum Gasteiger partial charge on any atom is -0.497 e. The number of fused-ring (bicyclic) bond motifs is 1. The highest BCUT2D eigenvalue weighted by atomic mass is 16.5. The molecular weight excluding hydrogens is 464 g/mol. The van der Waals surface area contributed by atoms with Crippen molar-refractivity contribution in [2.24, 2.45) is 0 Å². The Morgan fingerprint density at radius 2 is 1.35 bits per heavy atom. The van der Waals surface area contributed by atoms with E-state index >= 15 is 0 Å². The number of hydrogen-bond acceptors (Lipinski definition) is 6. The largest absolute Gasteiger partial charge is 0.497 e. The zero-order chi connectivity index (χ0) is 25.6. The van der Waals surface area contributed by atoms with E-state index in [2.05, 4.69) is 10.2 Å². The standard InChI is InChI=1S/C30H32N4O3/c1-36-24-11-6-21(7-12-24)28-29(22-8-13-25(37-2)14-9-22)33-27-20-23(10-15-26(27)32-28)30(35)31-16-19-34-17-4-3-5-18-34/h6-15,20H,3-5,16-19H2,1-2H3,(H,31,35). The van der Waals surface area contributed by atoms with Gasteiger partial charge < -0.3 is 19.7 Å². The Kier molecular flexibility index (Phi) is 7.61. The molecule has 5 rings (SSSR count). The predicted octanol–water partition coefficient (Wildman–Crippen LogP) is 5.20. The molecule has 0 bridgehead atoms. The van der Waals surface area contributed by atoms with Crippen molar-refractivity contribution in [3.63, 3.8) is 0 Å². The van der Waals surface area contributed by atoms with Gasteiger partial charge in [-0.2, -0.15) is 0 Å². The minimum absolute atomic E-state index is 0.0917. The molecule has 190 valence electrons. The average molecular weight is 497 g/mol. The van der Waals surface area contributed by atoms with Crippen molar-refractivity contribution in [1.29, 1.82) is 0 Å². The van der Waals surface area contributed by atoms with Gasteiger partial charge in [-0.1, -0.05) is 6.42 Å². The minimum atomic E-state index is -0.0917. The van der Waals surface area contributed by atoms with E-state index in [1.807, 2.05) is 66.7 Å². The topological polar surface area (TPSA) is 76.6 Å². The lowest BCUT2D eigenvalue weighted by Crippen LogP contribution is -2.37. The molecule has 0 atom stereocenters. The number of methoxy groups -OCH3 is 2. The second-order valence-corrected chi connectivity index (χ2v) is 9.24. The van der Waals surface area contributed by atoms with Crippen LogP contribution in [0.3, 0.4) is 0 Å². The van der Waals surface area contributed by atoms with Gasteiger partial charge in [0.25, 0.3) is 5.91 Å². The molecule has 1 aliphatic heterocycles. The first-order valence-corrected chi connectivity index (χ1v) is 12.8. The molecule has 0 spiro atoms. The molecule has 3 aromatic carbocycles. The van der Waals surface area contributed by atoms with Crippen LogP contribution in [0.4, 0.5) is 0 Å². The second kappa shape index (κ2) is 11.4. The van der Waals surface area contributed by atoms with Crippen molar-refractivity contribution < 1.29 is 14.3 Å². The van der Waals surface area contributed by atoms with Gasteiger partial charge in [-0.05, 0) is 92.7 Å². The Labute approximate surface area is 217 Å². The van der Waals surface area contributed by atoms with Crippen LogP contribution in [0, 0.1) is 0 Å². The van der Waals surface area contributed by atoms with E-state index in [0.29, 0.717) is 17.6 Å². The predicted molar refractivity (Wildman–Crippen MR) is 146 cm³/mol. The molecule has 4 aromatic rings. The zero-order valence-electron chi connectivity index (χ0n) is 21.4. The summed E-state index contributed by atoms with van der Waals surface area (Å²) in [5.41, 5.74) is 5.33. The average Bonchev–Trinajstić information content (AvgIpc) is 2.97. The Bertz CT molecular complexity index is 1360. The molecule has 1 aromatic heterocycles. The number of amides is 1. The van der Waals surface area contributed by atoms with Crippen molar-refractivity contribution in [2.75, 3.05) is 40.4 Å². The number of nitrogens with one attached hydrogen (secondary N) is 1. The molecular formula is C30H32N4O3. The number of aromatic nitrogens is 2. The Morgan fingerprint density at radius 1 is 0.784 bits per heavy atom. The summed E-state index contributed by atoms with van der Waals surface area (Å²) in [4.78, 5) is 25.3. The van der Waals surface area contributed by atoms with Crippen LogP contribution in [0.15, 0.2) is 66.7 Å². The van der Waals surface area contributed by atoms with E-state index in [4.69, 9.17) is 19.4 Å². The maximum atomic E-state index is 12.9. The van der Waals surface area contributed by atoms with Gasteiger partial charge in [0, 0.05) is 29.8 Å². The highest BCUT2D eigenvalue weighted by Gasteiger charge is 2.16. The fourth-order valence-corrected chi connectivity index (χ4v) is 4.71. The van der Waals surface area contributed by atoms with Crippen molar-refractivity contribution in [2.45, 2.75) is 19.3 Å². The van der Waals surface area contributed by atoms with Gasteiger partial charge in [-0.3, -0.25) is 4.79 Å². The summed E-state index contributed by atoms with van der Waals surface area (Å²) in [5, 5.41) is 3.06. The summed E-state index contributed by atoms with van der Waals surface area (Å²) in [6.45, 7) is 3.75. The van der Waals surface area contributed by atoms with Crippen molar-refractivity contribution in [1.82, 2.24) is 20.2 Å². The number of hydrogen-bond donors (Lipinski definition) is 1. The third-order valence-corrected chi connectivity index (χ3v) is 6.82. The van der Waals surface area contributed by atoms with Crippen LogP contribution in [0.25, 0.3) is 33.5 Å². The van der Waals surface area contributed by atoms with E-state index in [0.717, 1.165) is 59.2 Å². The van der Waals surface area contributed by atoms with Gasteiger partial charge in [0.05, 0.1) is 36.6 Å². The molecule has 0 unspecified atom stereocenters. The van der Waals surface area contributed by atoms with Crippen LogP contribution in [0.1, 0.15) is 29.6 Å². The Morgan fingerprint density at radius 3 is 1.92 bits per heavy atom. The lowest BCUT2D eigenvalue weighted by Gasteiger charge is -2.26. The number of ether oxygens (including phenoxy) is 2. The van der Waals surface area contributed by atoms with Gasteiger partial charge in [0.1, 0.15) is 11.5 Å². The Balaban J connectivity index is 1.46. The maximum Gasteiger partial charge on any atom is 0.251 e. The molecule has 0 saturated carbocycles. The second-order valence-electron chi connectivity index (χ2n) is 9.24. The number of rotatable bonds is 8. The van der Waals surface area contributed by atoms with E-state index in [1.54, 1.807) is 14.2 Å². The molecule has 1 amide bonds. The number of nitrogens with zero attached hydrogens (tertiary/aromatic N) is 3. The summed E-state index contributed by atoms with van der Waals surface area (Å²) >= 11 is 0. The summed E-state index contributed by atoms with van der Waals surface area (Å²) in [6.07, 6.45) is 3.79. The number of likely N-dealkylation sites (tertiary alicyclic amines) is 1. The van der Waals surface area contributed by atoms with E-state index in [1.165, 1.54) is 19.3 Å². The number of benzene rings is 3. The highest BCUT2D eigenvalue weighted by Crippen LogP contribution is 2.33. The van der Waals surface area contributed by atoms with Gasteiger partial charge in [0.15, 0.2) is 0 Å². The van der Waals surface area contributed by atoms with Crippen molar-refractivity contribution >= 4 is 16.9 Å². The third kappa shape index (κ3) is 5.73. The SMILES string of the molecule is COc1ccc(-c2nc3ccc(C(=O)NCCN4CCCCC4)cc3nc2-c2ccc(OC)cc2)cc1. The lowest BCUT2D eigenvalue weighted by atomic mass is 10.0. The van der Waals surface area contributed by atoms with Crippen LogP contribution in [-0.2, 0) is 0 Å². The van der Waals surface area contributed by atoms with Crippen LogP contribution in [0.5, 0.6) is 11.5 Å². The Hall–Kier alpha value is -3.97. The van der Waals surface area contributed by atoms with E-state index in [9.17, 15) is 4.79 Å². The smallest absolute Gasteiger partial charge is 0.251 e. The summed E-state index contributed by atoms with van der Waals surface area (Å²) in [5.74, 6) is 1.46. The van der Waals surface area contributed by atoms with E-state index < -0.39 is 0 Å².